The molecule has 1 aromatic carbocycles. The maximum atomic E-state index is 5.83. The molecule has 0 aliphatic carbocycles. The highest BCUT2D eigenvalue weighted by Crippen LogP contribution is 2.10. The lowest BCUT2D eigenvalue weighted by atomic mass is 10.3. The van der Waals surface area contributed by atoms with E-state index in [2.05, 4.69) is 22.5 Å². The van der Waals surface area contributed by atoms with Gasteiger partial charge in [0.2, 0.25) is 0 Å². The zero-order chi connectivity index (χ0) is 17.5. The minimum atomic E-state index is 0.0141. The van der Waals surface area contributed by atoms with Gasteiger partial charge in [0.15, 0.2) is 5.96 Å². The van der Waals surface area contributed by atoms with Crippen LogP contribution >= 0.6 is 0 Å². The van der Waals surface area contributed by atoms with Crippen molar-refractivity contribution in [3.05, 3.63) is 30.3 Å². The van der Waals surface area contributed by atoms with Gasteiger partial charge < -0.3 is 24.8 Å². The van der Waals surface area contributed by atoms with Gasteiger partial charge in [-0.1, -0.05) is 18.2 Å². The summed E-state index contributed by atoms with van der Waals surface area (Å²) in [5.41, 5.74) is 0. The van der Waals surface area contributed by atoms with E-state index in [1.54, 1.807) is 7.11 Å². The number of hydrogen-bond donors (Lipinski definition) is 2. The van der Waals surface area contributed by atoms with Crippen LogP contribution in [0.4, 0.5) is 0 Å². The molecular weight excluding hydrogens is 306 g/mol. The average Bonchev–Trinajstić information content (AvgIpc) is 2.59. The second kappa shape index (κ2) is 13.6. The summed E-state index contributed by atoms with van der Waals surface area (Å²) in [4.78, 5) is 4.57. The van der Waals surface area contributed by atoms with Crippen molar-refractivity contribution >= 4 is 5.96 Å². The first-order valence-electron chi connectivity index (χ1n) is 8.56. The largest absolute Gasteiger partial charge is 0.489 e. The van der Waals surface area contributed by atoms with Crippen molar-refractivity contribution in [1.29, 1.82) is 0 Å². The number of benzene rings is 1. The number of nitrogens with one attached hydrogen (secondary N) is 2. The zero-order valence-electron chi connectivity index (χ0n) is 15.1. The fourth-order valence-electron chi connectivity index (χ4n) is 1.96. The summed E-state index contributed by atoms with van der Waals surface area (Å²) in [5.74, 6) is 1.67. The van der Waals surface area contributed by atoms with E-state index in [9.17, 15) is 0 Å². The summed E-state index contributed by atoms with van der Waals surface area (Å²) in [6.45, 7) is 8.28. The van der Waals surface area contributed by atoms with Gasteiger partial charge in [0.25, 0.3) is 0 Å². The van der Waals surface area contributed by atoms with E-state index in [1.165, 1.54) is 0 Å². The topological polar surface area (TPSA) is 64.1 Å². The molecule has 6 heteroatoms. The molecule has 1 aromatic rings. The van der Waals surface area contributed by atoms with Crippen LogP contribution in [0.2, 0.25) is 0 Å². The van der Waals surface area contributed by atoms with Gasteiger partial charge in [0.1, 0.15) is 11.9 Å². The molecule has 0 radical (unpaired) electrons. The van der Waals surface area contributed by atoms with Crippen molar-refractivity contribution in [3.63, 3.8) is 0 Å². The Morgan fingerprint density at radius 2 is 1.92 bits per heavy atom. The molecule has 1 rings (SSSR count). The average molecular weight is 337 g/mol. The number of rotatable bonds is 12. The SMILES string of the molecule is CCNC(=NCC(C)Oc1ccccc1)NCCCOCCOC. The molecule has 1 unspecified atom stereocenters. The van der Waals surface area contributed by atoms with Crippen LogP contribution in [-0.4, -0.2) is 58.6 Å². The van der Waals surface area contributed by atoms with E-state index >= 15 is 0 Å². The first-order chi connectivity index (χ1) is 11.8. The van der Waals surface area contributed by atoms with E-state index in [0.29, 0.717) is 26.4 Å². The molecule has 24 heavy (non-hydrogen) atoms. The summed E-state index contributed by atoms with van der Waals surface area (Å²) >= 11 is 0. The van der Waals surface area contributed by atoms with Gasteiger partial charge in [-0.15, -0.1) is 0 Å². The highest BCUT2D eigenvalue weighted by molar-refractivity contribution is 5.79. The van der Waals surface area contributed by atoms with Gasteiger partial charge >= 0.3 is 0 Å². The standard InChI is InChI=1S/C18H31N3O3/c1-4-19-18(20-11-8-12-23-14-13-22-3)21-15-16(2)24-17-9-6-5-7-10-17/h5-7,9-10,16H,4,8,11-15H2,1-3H3,(H2,19,20,21). The molecule has 0 saturated carbocycles. The highest BCUT2D eigenvalue weighted by Gasteiger charge is 2.04. The third-order valence-electron chi connectivity index (χ3n) is 3.12. The monoisotopic (exact) mass is 337 g/mol. The Morgan fingerprint density at radius 1 is 1.12 bits per heavy atom. The Morgan fingerprint density at radius 3 is 2.62 bits per heavy atom. The summed E-state index contributed by atoms with van der Waals surface area (Å²) < 4.78 is 16.2. The molecule has 0 aromatic heterocycles. The van der Waals surface area contributed by atoms with Gasteiger partial charge in [-0.3, -0.25) is 0 Å². The Labute approximate surface area is 145 Å². The highest BCUT2D eigenvalue weighted by atomic mass is 16.5. The molecule has 6 nitrogen and oxygen atoms in total. The molecule has 0 fully saturated rings. The van der Waals surface area contributed by atoms with Gasteiger partial charge in [-0.2, -0.15) is 0 Å². The zero-order valence-corrected chi connectivity index (χ0v) is 15.1. The predicted molar refractivity (Wildman–Crippen MR) is 97.8 cm³/mol. The molecule has 0 bridgehead atoms. The van der Waals surface area contributed by atoms with Crippen LogP contribution in [0.3, 0.4) is 0 Å². The molecule has 1 atom stereocenters. The third-order valence-corrected chi connectivity index (χ3v) is 3.12. The first-order valence-corrected chi connectivity index (χ1v) is 8.56. The number of aliphatic imine (C=N–C) groups is 1. The second-order valence-corrected chi connectivity index (χ2v) is 5.35. The minimum absolute atomic E-state index is 0.0141. The summed E-state index contributed by atoms with van der Waals surface area (Å²) in [6, 6.07) is 9.81. The van der Waals surface area contributed by atoms with Gasteiger partial charge in [0.05, 0.1) is 19.8 Å². The quantitative estimate of drug-likeness (QED) is 0.347. The lowest BCUT2D eigenvalue weighted by molar-refractivity contribution is 0.0698. The second-order valence-electron chi connectivity index (χ2n) is 5.35. The fraction of sp³-hybridized carbons (Fsp3) is 0.611. The van der Waals surface area contributed by atoms with Crippen molar-refractivity contribution in [1.82, 2.24) is 10.6 Å². The van der Waals surface area contributed by atoms with Crippen molar-refractivity contribution in [3.8, 4) is 5.75 Å². The van der Waals surface area contributed by atoms with Crippen molar-refractivity contribution in [2.75, 3.05) is 46.6 Å². The first kappa shape index (κ1) is 20.3. The molecule has 0 amide bonds. The molecule has 136 valence electrons. The molecule has 0 spiro atoms. The van der Waals surface area contributed by atoms with E-state index in [1.807, 2.05) is 37.3 Å². The molecule has 0 saturated heterocycles. The van der Waals surface area contributed by atoms with Crippen LogP contribution in [-0.2, 0) is 9.47 Å². The molecule has 0 heterocycles. The third kappa shape index (κ3) is 10.1. The van der Waals surface area contributed by atoms with E-state index < -0.39 is 0 Å². The number of methoxy groups -OCH3 is 1. The normalized spacial score (nSPS) is 12.7. The van der Waals surface area contributed by atoms with Crippen LogP contribution in [0.25, 0.3) is 0 Å². The number of ether oxygens (including phenoxy) is 3. The predicted octanol–water partition coefficient (Wildman–Crippen LogP) is 2.06. The van der Waals surface area contributed by atoms with Gasteiger partial charge in [-0.25, -0.2) is 4.99 Å². The van der Waals surface area contributed by atoms with Crippen molar-refractivity contribution in [2.45, 2.75) is 26.4 Å². The Hall–Kier alpha value is -1.79. The smallest absolute Gasteiger partial charge is 0.191 e. The number of para-hydroxylation sites is 1. The summed E-state index contributed by atoms with van der Waals surface area (Å²) in [6.07, 6.45) is 0.935. The van der Waals surface area contributed by atoms with E-state index in [4.69, 9.17) is 14.2 Å². The Balaban J connectivity index is 2.25. The summed E-state index contributed by atoms with van der Waals surface area (Å²) in [5, 5.41) is 6.54. The maximum absolute atomic E-state index is 5.83. The van der Waals surface area contributed by atoms with Crippen LogP contribution in [0.15, 0.2) is 35.3 Å². The Kier molecular flexibility index (Phi) is 11.5. The number of hydrogen-bond acceptors (Lipinski definition) is 4. The van der Waals surface area contributed by atoms with Crippen LogP contribution in [0.5, 0.6) is 5.75 Å². The summed E-state index contributed by atoms with van der Waals surface area (Å²) in [7, 11) is 1.67. The van der Waals surface area contributed by atoms with Gasteiger partial charge in [0, 0.05) is 26.8 Å². The van der Waals surface area contributed by atoms with Crippen LogP contribution in [0.1, 0.15) is 20.3 Å². The number of guanidine groups is 1. The number of nitrogens with zero attached hydrogens (tertiary/aromatic N) is 1. The molecule has 0 aliphatic rings. The van der Waals surface area contributed by atoms with Crippen molar-refractivity contribution < 1.29 is 14.2 Å². The van der Waals surface area contributed by atoms with Crippen molar-refractivity contribution in [2.24, 2.45) is 4.99 Å². The molecule has 2 N–H and O–H groups in total. The fourth-order valence-corrected chi connectivity index (χ4v) is 1.96. The lowest BCUT2D eigenvalue weighted by Crippen LogP contribution is -2.38. The maximum Gasteiger partial charge on any atom is 0.191 e. The lowest BCUT2D eigenvalue weighted by Gasteiger charge is -2.15. The van der Waals surface area contributed by atoms with E-state index in [0.717, 1.165) is 31.2 Å². The van der Waals surface area contributed by atoms with Crippen LogP contribution in [0, 0.1) is 0 Å². The molecular formula is C18H31N3O3. The molecule has 0 aliphatic heterocycles. The van der Waals surface area contributed by atoms with Gasteiger partial charge in [-0.05, 0) is 32.4 Å². The van der Waals surface area contributed by atoms with E-state index in [-0.39, 0.29) is 6.10 Å². The Bertz CT molecular complexity index is 440. The minimum Gasteiger partial charge on any atom is -0.489 e. The van der Waals surface area contributed by atoms with Crippen LogP contribution < -0.4 is 15.4 Å².